The molecule has 5 rings (SSSR count). The summed E-state index contributed by atoms with van der Waals surface area (Å²) < 4.78 is 38.9. The Morgan fingerprint density at radius 1 is 1.13 bits per heavy atom. The standard InChI is InChI=1S/C22H20FN3O3S/c1-30(28,29)18-8-5-16(6-9-18)26-21-12-17-7-10-20(19(21)13-24-26)25(17)22(27)14-3-2-4-15(23)11-14/h2-6,8-9,11,13,17,20H,7,10,12H2,1H3. The molecule has 1 aromatic heterocycles. The molecule has 2 aromatic carbocycles. The number of carbonyl (C=O) groups excluding carboxylic acids is 1. The van der Waals surface area contributed by atoms with Crippen LogP contribution in [0.25, 0.3) is 5.69 Å². The lowest BCUT2D eigenvalue weighted by molar-refractivity contribution is 0.0644. The molecular weight excluding hydrogens is 405 g/mol. The van der Waals surface area contributed by atoms with Gasteiger partial charge in [-0.15, -0.1) is 0 Å². The second kappa shape index (κ2) is 6.77. The molecule has 0 aliphatic carbocycles. The van der Waals surface area contributed by atoms with Crippen LogP contribution in [0, 0.1) is 5.82 Å². The molecule has 154 valence electrons. The molecule has 1 fully saturated rings. The average Bonchev–Trinajstić information content (AvgIpc) is 3.28. The van der Waals surface area contributed by atoms with E-state index in [1.165, 1.54) is 18.4 Å². The lowest BCUT2D eigenvalue weighted by Crippen LogP contribution is -2.42. The minimum absolute atomic E-state index is 0.0315. The van der Waals surface area contributed by atoms with E-state index in [1.807, 2.05) is 9.58 Å². The first-order valence-electron chi connectivity index (χ1n) is 9.78. The van der Waals surface area contributed by atoms with Crippen molar-refractivity contribution in [2.24, 2.45) is 0 Å². The Kier molecular flexibility index (Phi) is 4.28. The van der Waals surface area contributed by atoms with Gasteiger partial charge in [0.2, 0.25) is 0 Å². The summed E-state index contributed by atoms with van der Waals surface area (Å²) in [5, 5.41) is 4.53. The van der Waals surface area contributed by atoms with E-state index in [9.17, 15) is 17.6 Å². The molecule has 2 atom stereocenters. The van der Waals surface area contributed by atoms with Crippen molar-refractivity contribution in [1.82, 2.24) is 14.7 Å². The Hall–Kier alpha value is -3.00. The largest absolute Gasteiger partial charge is 0.328 e. The Morgan fingerprint density at radius 3 is 2.60 bits per heavy atom. The van der Waals surface area contributed by atoms with Crippen LogP contribution < -0.4 is 0 Å². The Balaban J connectivity index is 1.49. The van der Waals surface area contributed by atoms with E-state index in [-0.39, 0.29) is 22.9 Å². The highest BCUT2D eigenvalue weighted by molar-refractivity contribution is 7.90. The summed E-state index contributed by atoms with van der Waals surface area (Å²) in [6, 6.07) is 12.4. The average molecular weight is 425 g/mol. The summed E-state index contributed by atoms with van der Waals surface area (Å²) in [5.41, 5.74) is 3.19. The quantitative estimate of drug-likeness (QED) is 0.645. The fraction of sp³-hybridized carbons (Fsp3) is 0.273. The van der Waals surface area contributed by atoms with E-state index in [0.29, 0.717) is 12.0 Å². The van der Waals surface area contributed by atoms with Gasteiger partial charge in [0.05, 0.1) is 28.5 Å². The van der Waals surface area contributed by atoms with Crippen molar-refractivity contribution >= 4 is 15.7 Å². The zero-order valence-corrected chi connectivity index (χ0v) is 17.1. The molecule has 3 heterocycles. The SMILES string of the molecule is CS(=O)(=O)c1ccc(-n2ncc3c2CC2CCC3N2C(=O)c2cccc(F)c2)cc1. The van der Waals surface area contributed by atoms with Gasteiger partial charge in [0.25, 0.3) is 5.91 Å². The molecule has 1 saturated heterocycles. The van der Waals surface area contributed by atoms with Gasteiger partial charge >= 0.3 is 0 Å². The topological polar surface area (TPSA) is 72.3 Å². The van der Waals surface area contributed by atoms with Crippen LogP contribution in [0.15, 0.2) is 59.6 Å². The maximum absolute atomic E-state index is 13.6. The van der Waals surface area contributed by atoms with Crippen LogP contribution in [0.3, 0.4) is 0 Å². The van der Waals surface area contributed by atoms with Gasteiger partial charge in [0.1, 0.15) is 5.82 Å². The molecule has 0 saturated carbocycles. The number of fused-ring (bicyclic) bond motifs is 4. The molecule has 2 aliphatic rings. The van der Waals surface area contributed by atoms with Crippen molar-refractivity contribution in [2.75, 3.05) is 6.26 Å². The molecule has 0 spiro atoms. The summed E-state index contributed by atoms with van der Waals surface area (Å²) >= 11 is 0. The molecule has 6 nitrogen and oxygen atoms in total. The highest BCUT2D eigenvalue weighted by Gasteiger charge is 2.44. The Morgan fingerprint density at radius 2 is 1.90 bits per heavy atom. The van der Waals surface area contributed by atoms with Gasteiger partial charge in [0.15, 0.2) is 9.84 Å². The van der Waals surface area contributed by atoms with E-state index < -0.39 is 15.7 Å². The summed E-state index contributed by atoms with van der Waals surface area (Å²) in [5.74, 6) is -0.575. The molecule has 2 unspecified atom stereocenters. The molecule has 8 heteroatoms. The van der Waals surface area contributed by atoms with E-state index in [0.717, 1.165) is 29.8 Å². The molecule has 3 aromatic rings. The van der Waals surface area contributed by atoms with E-state index >= 15 is 0 Å². The third kappa shape index (κ3) is 3.02. The van der Waals surface area contributed by atoms with E-state index in [1.54, 1.807) is 42.6 Å². The number of rotatable bonds is 3. The highest BCUT2D eigenvalue weighted by Crippen LogP contribution is 2.44. The molecule has 0 N–H and O–H groups in total. The fourth-order valence-corrected chi connectivity index (χ4v) is 5.25. The van der Waals surface area contributed by atoms with Crippen LogP contribution >= 0.6 is 0 Å². The van der Waals surface area contributed by atoms with Gasteiger partial charge in [-0.2, -0.15) is 5.10 Å². The zero-order chi connectivity index (χ0) is 21.0. The fourth-order valence-electron chi connectivity index (χ4n) is 4.62. The van der Waals surface area contributed by atoms with Crippen LogP contribution in [0.4, 0.5) is 4.39 Å². The monoisotopic (exact) mass is 425 g/mol. The van der Waals surface area contributed by atoms with Crippen LogP contribution in [-0.2, 0) is 16.3 Å². The first kappa shape index (κ1) is 19.0. The number of carbonyl (C=O) groups is 1. The van der Waals surface area contributed by atoms with Gasteiger partial charge in [-0.1, -0.05) is 6.07 Å². The van der Waals surface area contributed by atoms with Crippen molar-refractivity contribution in [3.05, 3.63) is 77.4 Å². The lowest BCUT2D eigenvalue weighted by Gasteiger charge is -2.35. The maximum Gasteiger partial charge on any atom is 0.254 e. The number of sulfone groups is 1. The van der Waals surface area contributed by atoms with Crippen LogP contribution in [-0.4, -0.2) is 41.3 Å². The van der Waals surface area contributed by atoms with Crippen molar-refractivity contribution in [1.29, 1.82) is 0 Å². The molecule has 30 heavy (non-hydrogen) atoms. The van der Waals surface area contributed by atoms with Crippen molar-refractivity contribution in [3.63, 3.8) is 0 Å². The highest BCUT2D eigenvalue weighted by atomic mass is 32.2. The van der Waals surface area contributed by atoms with Crippen LogP contribution in [0.1, 0.15) is 40.5 Å². The zero-order valence-electron chi connectivity index (χ0n) is 16.3. The third-order valence-electron chi connectivity index (χ3n) is 6.01. The number of nitrogens with zero attached hydrogens (tertiary/aromatic N) is 3. The first-order chi connectivity index (χ1) is 14.3. The number of amides is 1. The predicted molar refractivity (Wildman–Crippen MR) is 109 cm³/mol. The van der Waals surface area contributed by atoms with Crippen LogP contribution in [0.2, 0.25) is 0 Å². The lowest BCUT2D eigenvalue weighted by atomic mass is 9.98. The molecule has 1 amide bonds. The minimum Gasteiger partial charge on any atom is -0.328 e. The van der Waals surface area contributed by atoms with Crippen molar-refractivity contribution in [3.8, 4) is 5.69 Å². The maximum atomic E-state index is 13.6. The summed E-state index contributed by atoms with van der Waals surface area (Å²) in [4.78, 5) is 15.2. The van der Waals surface area contributed by atoms with Gasteiger partial charge in [-0.25, -0.2) is 17.5 Å². The number of benzene rings is 2. The van der Waals surface area contributed by atoms with Gasteiger partial charge < -0.3 is 4.90 Å². The number of aromatic nitrogens is 2. The molecule has 2 bridgehead atoms. The molecular formula is C22H20FN3O3S. The Bertz CT molecular complexity index is 1250. The normalized spacial score (nSPS) is 20.3. The summed E-state index contributed by atoms with van der Waals surface area (Å²) in [7, 11) is -3.26. The third-order valence-corrected chi connectivity index (χ3v) is 7.14. The number of hydrogen-bond acceptors (Lipinski definition) is 4. The van der Waals surface area contributed by atoms with Gasteiger partial charge in [0, 0.05) is 29.8 Å². The number of halogens is 1. The Labute approximate surface area is 173 Å². The number of hydrogen-bond donors (Lipinski definition) is 0. The van der Waals surface area contributed by atoms with Crippen LogP contribution in [0.5, 0.6) is 0 Å². The van der Waals surface area contributed by atoms with E-state index in [2.05, 4.69) is 5.10 Å². The predicted octanol–water partition coefficient (Wildman–Crippen LogP) is 3.32. The van der Waals surface area contributed by atoms with Crippen molar-refractivity contribution < 1.29 is 17.6 Å². The van der Waals surface area contributed by atoms with Gasteiger partial charge in [-0.3, -0.25) is 4.79 Å². The molecule has 0 radical (unpaired) electrons. The van der Waals surface area contributed by atoms with Gasteiger partial charge in [-0.05, 0) is 55.3 Å². The summed E-state index contributed by atoms with van der Waals surface area (Å²) in [6.07, 6.45) is 5.35. The minimum atomic E-state index is -3.26. The molecule has 2 aliphatic heterocycles. The van der Waals surface area contributed by atoms with E-state index in [4.69, 9.17) is 0 Å². The smallest absolute Gasteiger partial charge is 0.254 e. The summed E-state index contributed by atoms with van der Waals surface area (Å²) in [6.45, 7) is 0. The first-order valence-corrected chi connectivity index (χ1v) is 11.7. The second-order valence-corrected chi connectivity index (χ2v) is 9.91. The van der Waals surface area contributed by atoms with Crippen molar-refractivity contribution in [2.45, 2.75) is 36.2 Å². The second-order valence-electron chi connectivity index (χ2n) is 7.90.